The molecule has 3 rings (SSSR count). The van der Waals surface area contributed by atoms with Crippen molar-refractivity contribution in [1.82, 2.24) is 4.90 Å². The first-order valence-corrected chi connectivity index (χ1v) is 7.95. The van der Waals surface area contributed by atoms with E-state index in [1.165, 1.54) is 22.6 Å². The Kier molecular flexibility index (Phi) is 3.57. The van der Waals surface area contributed by atoms with E-state index < -0.39 is 5.41 Å². The predicted octanol–water partition coefficient (Wildman–Crippen LogP) is 3.89. The Bertz CT molecular complexity index is 658. The molecule has 1 aliphatic rings. The Morgan fingerprint density at radius 3 is 2.48 bits per heavy atom. The molecule has 1 amide bonds. The number of hydrogen-bond donors (Lipinski definition) is 0. The van der Waals surface area contributed by atoms with Crippen molar-refractivity contribution in [3.8, 4) is 0 Å². The van der Waals surface area contributed by atoms with Crippen molar-refractivity contribution in [2.75, 3.05) is 7.05 Å². The maximum atomic E-state index is 13.1. The van der Waals surface area contributed by atoms with E-state index in [1.54, 1.807) is 28.4 Å². The molecule has 0 saturated heterocycles. The fourth-order valence-electron chi connectivity index (χ4n) is 2.74. The summed E-state index contributed by atoms with van der Waals surface area (Å²) < 4.78 is 13.1. The number of halogens is 1. The Hall–Kier alpha value is -1.68. The molecule has 1 aliphatic carbocycles. The minimum absolute atomic E-state index is 0.141. The standard InChI is InChI=1S/C17H18FNOS/c1-12-7-10-21-15(12)11-19(2)16(20)17(8-9-17)13-3-5-14(18)6-4-13/h3-7,10H,8-9,11H2,1-2H3. The topological polar surface area (TPSA) is 20.3 Å². The van der Waals surface area contributed by atoms with Crippen LogP contribution in [0.2, 0.25) is 0 Å². The van der Waals surface area contributed by atoms with Gasteiger partial charge in [-0.05, 0) is 54.5 Å². The van der Waals surface area contributed by atoms with Gasteiger partial charge in [-0.3, -0.25) is 4.79 Å². The van der Waals surface area contributed by atoms with Gasteiger partial charge in [-0.25, -0.2) is 4.39 Å². The number of thiophene rings is 1. The molecule has 0 aliphatic heterocycles. The van der Waals surface area contributed by atoms with Gasteiger partial charge in [-0.2, -0.15) is 0 Å². The third-order valence-corrected chi connectivity index (χ3v) is 5.26. The zero-order chi connectivity index (χ0) is 15.0. The van der Waals surface area contributed by atoms with Gasteiger partial charge < -0.3 is 4.90 Å². The third-order valence-electron chi connectivity index (χ3n) is 4.25. The van der Waals surface area contributed by atoms with Gasteiger partial charge in [0.25, 0.3) is 0 Å². The highest BCUT2D eigenvalue weighted by Gasteiger charge is 2.52. The largest absolute Gasteiger partial charge is 0.340 e. The lowest BCUT2D eigenvalue weighted by Gasteiger charge is -2.24. The first-order chi connectivity index (χ1) is 10.0. The van der Waals surface area contributed by atoms with Crippen molar-refractivity contribution < 1.29 is 9.18 Å². The van der Waals surface area contributed by atoms with E-state index in [-0.39, 0.29) is 11.7 Å². The van der Waals surface area contributed by atoms with Crippen LogP contribution in [0.3, 0.4) is 0 Å². The maximum absolute atomic E-state index is 13.1. The van der Waals surface area contributed by atoms with Gasteiger partial charge in [0.15, 0.2) is 0 Å². The summed E-state index contributed by atoms with van der Waals surface area (Å²) >= 11 is 1.68. The second-order valence-electron chi connectivity index (χ2n) is 5.78. The highest BCUT2D eigenvalue weighted by molar-refractivity contribution is 7.10. The van der Waals surface area contributed by atoms with Gasteiger partial charge >= 0.3 is 0 Å². The summed E-state index contributed by atoms with van der Waals surface area (Å²) in [4.78, 5) is 15.8. The number of amides is 1. The fourth-order valence-corrected chi connectivity index (χ4v) is 3.70. The van der Waals surface area contributed by atoms with E-state index in [0.717, 1.165) is 18.4 Å². The first-order valence-electron chi connectivity index (χ1n) is 7.07. The van der Waals surface area contributed by atoms with Crippen LogP contribution < -0.4 is 0 Å². The highest BCUT2D eigenvalue weighted by atomic mass is 32.1. The lowest BCUT2D eigenvalue weighted by molar-refractivity contribution is -0.133. The smallest absolute Gasteiger partial charge is 0.233 e. The van der Waals surface area contributed by atoms with Crippen LogP contribution >= 0.6 is 11.3 Å². The van der Waals surface area contributed by atoms with Crippen molar-refractivity contribution in [3.05, 3.63) is 57.5 Å². The second-order valence-corrected chi connectivity index (χ2v) is 6.78. The molecule has 1 heterocycles. The second kappa shape index (κ2) is 5.26. The molecule has 2 nitrogen and oxygen atoms in total. The monoisotopic (exact) mass is 303 g/mol. The molecule has 0 atom stereocenters. The minimum Gasteiger partial charge on any atom is -0.340 e. The van der Waals surface area contributed by atoms with Crippen LogP contribution in [0.15, 0.2) is 35.7 Å². The molecule has 110 valence electrons. The highest BCUT2D eigenvalue weighted by Crippen LogP contribution is 2.49. The summed E-state index contributed by atoms with van der Waals surface area (Å²) in [5.74, 6) is -0.119. The van der Waals surface area contributed by atoms with Crippen LogP contribution in [0, 0.1) is 12.7 Å². The summed E-state index contributed by atoms with van der Waals surface area (Å²) in [5, 5.41) is 2.05. The Morgan fingerprint density at radius 2 is 1.95 bits per heavy atom. The fraction of sp³-hybridized carbons (Fsp3) is 0.353. The molecule has 4 heteroatoms. The number of carbonyl (C=O) groups is 1. The zero-order valence-corrected chi connectivity index (χ0v) is 13.0. The van der Waals surface area contributed by atoms with Crippen LogP contribution in [0.5, 0.6) is 0 Å². The lowest BCUT2D eigenvalue weighted by atomic mass is 9.94. The van der Waals surface area contributed by atoms with E-state index in [2.05, 4.69) is 18.4 Å². The molecule has 1 aromatic carbocycles. The Balaban J connectivity index is 1.78. The third kappa shape index (κ3) is 2.60. The van der Waals surface area contributed by atoms with E-state index >= 15 is 0 Å². The predicted molar refractivity (Wildman–Crippen MR) is 82.8 cm³/mol. The first kappa shape index (κ1) is 14.3. The average molecular weight is 303 g/mol. The van der Waals surface area contributed by atoms with E-state index in [1.807, 2.05) is 7.05 Å². The van der Waals surface area contributed by atoms with E-state index in [4.69, 9.17) is 0 Å². The van der Waals surface area contributed by atoms with Crippen molar-refractivity contribution in [1.29, 1.82) is 0 Å². The van der Waals surface area contributed by atoms with Crippen LogP contribution in [0.1, 0.15) is 28.8 Å². The number of hydrogen-bond acceptors (Lipinski definition) is 2. The SMILES string of the molecule is Cc1ccsc1CN(C)C(=O)C1(c2ccc(F)cc2)CC1. The zero-order valence-electron chi connectivity index (χ0n) is 12.2. The molecule has 0 spiro atoms. The van der Waals surface area contributed by atoms with Crippen molar-refractivity contribution in [2.24, 2.45) is 0 Å². The summed E-state index contributed by atoms with van der Waals surface area (Å²) in [7, 11) is 1.85. The number of aryl methyl sites for hydroxylation is 1. The quantitative estimate of drug-likeness (QED) is 0.839. The van der Waals surface area contributed by atoms with Crippen molar-refractivity contribution in [2.45, 2.75) is 31.7 Å². The van der Waals surface area contributed by atoms with Gasteiger partial charge in [0.05, 0.1) is 12.0 Å². The molecule has 1 aromatic heterocycles. The van der Waals surface area contributed by atoms with Gasteiger partial charge in [0.2, 0.25) is 5.91 Å². The van der Waals surface area contributed by atoms with Gasteiger partial charge in [-0.1, -0.05) is 12.1 Å². The number of benzene rings is 1. The van der Waals surface area contributed by atoms with Gasteiger partial charge in [0.1, 0.15) is 5.82 Å². The molecule has 0 unspecified atom stereocenters. The van der Waals surface area contributed by atoms with Crippen LogP contribution in [0.25, 0.3) is 0 Å². The van der Waals surface area contributed by atoms with E-state index in [9.17, 15) is 9.18 Å². The average Bonchev–Trinajstić information content (AvgIpc) is 3.19. The number of carbonyl (C=O) groups excluding carboxylic acids is 1. The number of nitrogens with zero attached hydrogens (tertiary/aromatic N) is 1. The molecule has 0 N–H and O–H groups in total. The number of likely N-dealkylation sites (N-methyl/N-ethyl adjacent to an activating group) is 1. The van der Waals surface area contributed by atoms with Crippen molar-refractivity contribution in [3.63, 3.8) is 0 Å². The molecule has 1 saturated carbocycles. The molecular formula is C17H18FNOS. The molecule has 1 fully saturated rings. The minimum atomic E-state index is -0.423. The normalized spacial score (nSPS) is 15.8. The maximum Gasteiger partial charge on any atom is 0.233 e. The summed E-state index contributed by atoms with van der Waals surface area (Å²) in [6.07, 6.45) is 1.70. The molecular weight excluding hydrogens is 285 g/mol. The van der Waals surface area contributed by atoms with Gasteiger partial charge in [-0.15, -0.1) is 11.3 Å². The number of rotatable bonds is 4. The Morgan fingerprint density at radius 1 is 1.29 bits per heavy atom. The van der Waals surface area contributed by atoms with Crippen LogP contribution in [-0.4, -0.2) is 17.9 Å². The molecule has 0 radical (unpaired) electrons. The summed E-state index contributed by atoms with van der Waals surface area (Å²) in [5.41, 5.74) is 1.74. The lowest BCUT2D eigenvalue weighted by Crippen LogP contribution is -2.36. The molecule has 0 bridgehead atoms. The van der Waals surface area contributed by atoms with Crippen molar-refractivity contribution >= 4 is 17.2 Å². The summed E-state index contributed by atoms with van der Waals surface area (Å²) in [6, 6.07) is 8.43. The Labute approximate surface area is 128 Å². The molecule has 21 heavy (non-hydrogen) atoms. The van der Waals surface area contributed by atoms with E-state index in [0.29, 0.717) is 6.54 Å². The van der Waals surface area contributed by atoms with Crippen LogP contribution in [0.4, 0.5) is 4.39 Å². The van der Waals surface area contributed by atoms with Gasteiger partial charge in [0, 0.05) is 11.9 Å². The van der Waals surface area contributed by atoms with Crippen LogP contribution in [-0.2, 0) is 16.8 Å². The molecule has 2 aromatic rings. The summed E-state index contributed by atoms with van der Waals surface area (Å²) in [6.45, 7) is 2.71.